The topological polar surface area (TPSA) is 13.7 Å². The second kappa shape index (κ2) is 4.72. The van der Waals surface area contributed by atoms with E-state index >= 15 is 0 Å². The molecule has 3 heterocycles. The fourth-order valence-electron chi connectivity index (χ4n) is 3.66. The number of aryl methyl sites for hydroxylation is 1. The highest BCUT2D eigenvalue weighted by Crippen LogP contribution is 2.39. The average molecular weight is 304 g/mol. The average Bonchev–Trinajstić information content (AvgIpc) is 3.09. The molecule has 0 bridgehead atoms. The molecule has 0 saturated heterocycles. The molecule has 116 valence electrons. The minimum atomic E-state index is -0.0619. The minimum absolute atomic E-state index is 0.0619. The third-order valence-electron chi connectivity index (χ3n) is 4.66. The van der Waals surface area contributed by atoms with E-state index < -0.39 is 0 Å². The van der Waals surface area contributed by atoms with Gasteiger partial charge in [0.1, 0.15) is 17.4 Å². The van der Waals surface area contributed by atoms with Gasteiger partial charge in [0.2, 0.25) is 6.33 Å². The van der Waals surface area contributed by atoms with Gasteiger partial charge in [0.25, 0.3) is 0 Å². The van der Waals surface area contributed by atoms with Crippen molar-refractivity contribution >= 4 is 5.70 Å². The predicted octanol–water partition coefficient (Wildman–Crippen LogP) is 4.06. The molecule has 0 aliphatic carbocycles. The highest BCUT2D eigenvalue weighted by atomic mass is 15.2. The number of nitrogens with zero attached hydrogens (tertiary/aromatic N) is 3. The quantitative estimate of drug-likeness (QED) is 0.602. The van der Waals surface area contributed by atoms with Crippen LogP contribution in [-0.4, -0.2) is 9.13 Å². The molecule has 1 aliphatic heterocycles. The number of hydrogen-bond donors (Lipinski definition) is 0. The normalized spacial score (nSPS) is 15.6. The number of benzene rings is 1. The Hall–Kier alpha value is -2.55. The zero-order valence-electron chi connectivity index (χ0n) is 14.1. The number of hydrogen-bond acceptors (Lipinski definition) is 0. The number of allylic oxidation sites excluding steroid dienone is 2. The van der Waals surface area contributed by atoms with Crippen molar-refractivity contribution in [3.8, 4) is 22.5 Å². The molecule has 0 fully saturated rings. The molecule has 3 heteroatoms. The van der Waals surface area contributed by atoms with Gasteiger partial charge < -0.3 is 4.57 Å². The maximum atomic E-state index is 2.36. The van der Waals surface area contributed by atoms with Crippen molar-refractivity contribution in [2.75, 3.05) is 0 Å². The van der Waals surface area contributed by atoms with E-state index in [0.717, 1.165) is 0 Å². The van der Waals surface area contributed by atoms with Gasteiger partial charge in [-0.1, -0.05) is 30.3 Å². The molecule has 3 nitrogen and oxygen atoms in total. The minimum Gasteiger partial charge on any atom is -0.317 e. The van der Waals surface area contributed by atoms with E-state index in [1.54, 1.807) is 0 Å². The zero-order chi connectivity index (χ0) is 16.2. The number of aromatic nitrogens is 3. The van der Waals surface area contributed by atoms with E-state index in [4.69, 9.17) is 0 Å². The van der Waals surface area contributed by atoms with E-state index in [9.17, 15) is 0 Å². The summed E-state index contributed by atoms with van der Waals surface area (Å²) < 4.78 is 6.81. The molecule has 0 saturated carbocycles. The smallest absolute Gasteiger partial charge is 0.244 e. The van der Waals surface area contributed by atoms with Crippen molar-refractivity contribution in [1.82, 2.24) is 9.13 Å². The number of fused-ring (bicyclic) bond motifs is 3. The Kier molecular flexibility index (Phi) is 2.89. The fourth-order valence-corrected chi connectivity index (χ4v) is 3.66. The first-order valence-electron chi connectivity index (χ1n) is 8.02. The third kappa shape index (κ3) is 2.07. The molecular formula is C20H22N3+. The van der Waals surface area contributed by atoms with Crippen molar-refractivity contribution in [3.05, 3.63) is 61.2 Å². The third-order valence-corrected chi connectivity index (χ3v) is 4.66. The summed E-state index contributed by atoms with van der Waals surface area (Å²) >= 11 is 0. The van der Waals surface area contributed by atoms with Crippen LogP contribution in [0.4, 0.5) is 0 Å². The van der Waals surface area contributed by atoms with Crippen LogP contribution < -0.4 is 4.57 Å². The van der Waals surface area contributed by atoms with Crippen LogP contribution in [-0.2, 0) is 12.6 Å². The summed E-state index contributed by atoms with van der Waals surface area (Å²) in [6.45, 7) is 6.70. The van der Waals surface area contributed by atoms with Gasteiger partial charge in [-0.15, -0.1) is 0 Å². The summed E-state index contributed by atoms with van der Waals surface area (Å²) in [6, 6.07) is 12.8. The van der Waals surface area contributed by atoms with Crippen molar-refractivity contribution in [2.45, 2.75) is 26.3 Å². The standard InChI is InChI=1S/C20H22N3/c1-15-12-20(2,3)23-14-21(4)13-18(23)19-17(10-11-22(15)19)16-8-6-5-7-9-16/h5-14H,1-4H3/q+1. The SMILES string of the molecule is CC1=CC(C)(C)n2c[n+](C)cc2-c2c(-c3ccccc3)ccn21. The fraction of sp³-hybridized carbons (Fsp3) is 0.250. The van der Waals surface area contributed by atoms with Crippen LogP contribution in [0, 0.1) is 0 Å². The van der Waals surface area contributed by atoms with Gasteiger partial charge in [0.05, 0.1) is 7.05 Å². The Morgan fingerprint density at radius 2 is 1.78 bits per heavy atom. The Labute approximate surface area is 137 Å². The first-order chi connectivity index (χ1) is 11.0. The first kappa shape index (κ1) is 14.1. The molecule has 1 aromatic carbocycles. The summed E-state index contributed by atoms with van der Waals surface area (Å²) in [7, 11) is 2.09. The Morgan fingerprint density at radius 3 is 2.52 bits per heavy atom. The zero-order valence-corrected chi connectivity index (χ0v) is 14.1. The molecule has 0 amide bonds. The summed E-state index contributed by atoms with van der Waals surface area (Å²) in [5, 5.41) is 0. The van der Waals surface area contributed by atoms with Gasteiger partial charge in [-0.3, -0.25) is 0 Å². The lowest BCUT2D eigenvalue weighted by Gasteiger charge is -2.17. The molecule has 0 atom stereocenters. The summed E-state index contributed by atoms with van der Waals surface area (Å²) in [5.74, 6) is 0. The van der Waals surface area contributed by atoms with Gasteiger partial charge in [-0.05, 0) is 38.5 Å². The van der Waals surface area contributed by atoms with E-state index in [-0.39, 0.29) is 5.54 Å². The first-order valence-corrected chi connectivity index (χ1v) is 8.02. The maximum Gasteiger partial charge on any atom is 0.244 e. The lowest BCUT2D eigenvalue weighted by atomic mass is 10.0. The molecule has 0 unspecified atom stereocenters. The Morgan fingerprint density at radius 1 is 1.04 bits per heavy atom. The second-order valence-electron chi connectivity index (χ2n) is 6.92. The van der Waals surface area contributed by atoms with Crippen LogP contribution in [0.2, 0.25) is 0 Å². The van der Waals surface area contributed by atoms with Gasteiger partial charge >= 0.3 is 0 Å². The molecule has 0 spiro atoms. The van der Waals surface area contributed by atoms with E-state index in [1.165, 1.54) is 28.2 Å². The van der Waals surface area contributed by atoms with Crippen LogP contribution in [0.5, 0.6) is 0 Å². The molecular weight excluding hydrogens is 282 g/mol. The molecule has 1 aliphatic rings. The molecule has 2 aromatic heterocycles. The monoisotopic (exact) mass is 304 g/mol. The number of imidazole rings is 1. The molecule has 4 rings (SSSR count). The second-order valence-corrected chi connectivity index (χ2v) is 6.92. The van der Waals surface area contributed by atoms with Gasteiger partial charge in [-0.25, -0.2) is 9.13 Å². The van der Waals surface area contributed by atoms with Crippen LogP contribution in [0.1, 0.15) is 20.8 Å². The van der Waals surface area contributed by atoms with Crippen molar-refractivity contribution < 1.29 is 4.57 Å². The van der Waals surface area contributed by atoms with Gasteiger partial charge in [0, 0.05) is 17.5 Å². The van der Waals surface area contributed by atoms with E-state index in [1.807, 2.05) is 0 Å². The van der Waals surface area contributed by atoms with E-state index in [0.29, 0.717) is 0 Å². The molecule has 3 aromatic rings. The predicted molar refractivity (Wildman–Crippen MR) is 93.7 cm³/mol. The summed E-state index contributed by atoms with van der Waals surface area (Å²) in [5.41, 5.74) is 6.23. The maximum absolute atomic E-state index is 2.36. The Balaban J connectivity index is 2.07. The lowest BCUT2D eigenvalue weighted by molar-refractivity contribution is -0.671. The van der Waals surface area contributed by atoms with Crippen LogP contribution in [0.3, 0.4) is 0 Å². The van der Waals surface area contributed by atoms with Crippen molar-refractivity contribution in [1.29, 1.82) is 0 Å². The summed E-state index contributed by atoms with van der Waals surface area (Å²) in [4.78, 5) is 0. The van der Waals surface area contributed by atoms with Gasteiger partial charge in [-0.2, -0.15) is 0 Å². The van der Waals surface area contributed by atoms with Crippen molar-refractivity contribution in [3.63, 3.8) is 0 Å². The van der Waals surface area contributed by atoms with Crippen LogP contribution >= 0.6 is 0 Å². The van der Waals surface area contributed by atoms with E-state index in [2.05, 4.69) is 103 Å². The molecule has 0 radical (unpaired) electrons. The Bertz CT molecular complexity index is 908. The van der Waals surface area contributed by atoms with Gasteiger partial charge in [0.15, 0.2) is 5.69 Å². The summed E-state index contributed by atoms with van der Waals surface area (Å²) in [6.07, 6.45) is 8.91. The van der Waals surface area contributed by atoms with Crippen LogP contribution in [0.15, 0.2) is 61.2 Å². The largest absolute Gasteiger partial charge is 0.317 e. The van der Waals surface area contributed by atoms with Crippen LogP contribution in [0.25, 0.3) is 28.2 Å². The lowest BCUT2D eigenvalue weighted by Crippen LogP contribution is -2.28. The highest BCUT2D eigenvalue weighted by Gasteiger charge is 2.34. The highest BCUT2D eigenvalue weighted by molar-refractivity contribution is 5.83. The van der Waals surface area contributed by atoms with Crippen molar-refractivity contribution in [2.24, 2.45) is 7.05 Å². The molecule has 0 N–H and O–H groups in total. The number of rotatable bonds is 1. The molecule has 23 heavy (non-hydrogen) atoms.